The average Bonchev–Trinajstić information content (AvgIpc) is 3.60. The molecule has 7 aromatic rings. The van der Waals surface area contributed by atoms with Gasteiger partial charge in [-0.1, -0.05) is 104 Å². The zero-order valence-electron chi connectivity index (χ0n) is 33.4. The van der Waals surface area contributed by atoms with E-state index >= 15 is 0 Å². The molecule has 1 heterocycles. The summed E-state index contributed by atoms with van der Waals surface area (Å²) in [6.07, 6.45) is 1.05. The molecule has 0 bridgehead atoms. The van der Waals surface area contributed by atoms with Crippen LogP contribution in [-0.4, -0.2) is 18.0 Å². The number of benzene rings is 7. The van der Waals surface area contributed by atoms with Gasteiger partial charge >= 0.3 is 11.9 Å². The molecule has 7 aromatic carbocycles. The maximum Gasteiger partial charge on any atom is 0.338 e. The Morgan fingerprint density at radius 3 is 1.22 bits per heavy atom. The van der Waals surface area contributed by atoms with Gasteiger partial charge in [0.15, 0.2) is 0 Å². The van der Waals surface area contributed by atoms with Crippen molar-refractivity contribution >= 4 is 40.4 Å². The summed E-state index contributed by atoms with van der Waals surface area (Å²) in [5.74, 6) is 0.0571. The van der Waals surface area contributed by atoms with E-state index in [0.717, 1.165) is 56.9 Å². The van der Waals surface area contributed by atoms with Gasteiger partial charge in [0.05, 0.1) is 0 Å². The highest BCUT2D eigenvalue weighted by atomic mass is 16.5. The summed E-state index contributed by atoms with van der Waals surface area (Å²) in [5.41, 5.74) is 13.9. The minimum Gasteiger partial charge on any atom is -0.423 e. The van der Waals surface area contributed by atoms with E-state index in [0.29, 0.717) is 28.7 Å². The Bertz CT molecular complexity index is 2530. The highest BCUT2D eigenvalue weighted by molar-refractivity contribution is 5.89. The molecule has 0 aromatic heterocycles. The van der Waals surface area contributed by atoms with E-state index in [9.17, 15) is 9.59 Å². The van der Waals surface area contributed by atoms with E-state index in [1.165, 1.54) is 16.9 Å². The normalized spacial score (nSPS) is 13.0. The molecule has 59 heavy (non-hydrogen) atoms. The van der Waals surface area contributed by atoms with Crippen molar-refractivity contribution in [1.29, 1.82) is 0 Å². The Hall–Kier alpha value is -7.44. The first-order valence-electron chi connectivity index (χ1n) is 19.7. The van der Waals surface area contributed by atoms with E-state index in [1.807, 2.05) is 24.3 Å². The average molecular weight is 773 g/mol. The van der Waals surface area contributed by atoms with Crippen LogP contribution in [0.25, 0.3) is 33.4 Å². The summed E-state index contributed by atoms with van der Waals surface area (Å²) >= 11 is 0. The lowest BCUT2D eigenvalue weighted by molar-refractivity contribution is -0.130. The Balaban J connectivity index is 1.07. The number of hydrogen-bond acceptors (Lipinski definition) is 6. The van der Waals surface area contributed by atoms with Gasteiger partial charge in [-0.25, -0.2) is 9.59 Å². The van der Waals surface area contributed by atoms with Gasteiger partial charge in [0.1, 0.15) is 11.5 Å². The molecule has 1 aliphatic heterocycles. The van der Waals surface area contributed by atoms with Gasteiger partial charge in [-0.05, 0) is 145 Å². The van der Waals surface area contributed by atoms with Crippen LogP contribution >= 0.6 is 0 Å². The van der Waals surface area contributed by atoms with Crippen molar-refractivity contribution in [3.8, 4) is 44.9 Å². The van der Waals surface area contributed by atoms with Crippen LogP contribution < -0.4 is 19.3 Å². The predicted molar refractivity (Wildman–Crippen MR) is 240 cm³/mol. The molecule has 0 radical (unpaired) electrons. The maximum atomic E-state index is 12.0. The first-order valence-corrected chi connectivity index (χ1v) is 19.7. The van der Waals surface area contributed by atoms with Gasteiger partial charge in [-0.3, -0.25) is 0 Å². The summed E-state index contributed by atoms with van der Waals surface area (Å²) in [6, 6.07) is 58.5. The van der Waals surface area contributed by atoms with Gasteiger partial charge in [0.2, 0.25) is 0 Å². The monoisotopic (exact) mass is 772 g/mol. The van der Waals surface area contributed by atoms with E-state index in [1.54, 1.807) is 38.1 Å². The summed E-state index contributed by atoms with van der Waals surface area (Å²) < 4.78 is 10.8. The Labute approximate surface area is 345 Å². The van der Waals surface area contributed by atoms with Crippen LogP contribution in [0.5, 0.6) is 11.5 Å². The first kappa shape index (κ1) is 38.4. The van der Waals surface area contributed by atoms with Crippen LogP contribution in [0.2, 0.25) is 0 Å². The van der Waals surface area contributed by atoms with Crippen molar-refractivity contribution in [1.82, 2.24) is 0 Å². The van der Waals surface area contributed by atoms with Gasteiger partial charge < -0.3 is 19.3 Å². The zero-order chi connectivity index (χ0) is 41.0. The fraction of sp³-hybridized carbons (Fsp3) is 0.0943. The molecule has 0 saturated carbocycles. The molecule has 1 unspecified atom stereocenters. The highest BCUT2D eigenvalue weighted by Gasteiger charge is 2.26. The summed E-state index contributed by atoms with van der Waals surface area (Å²) in [4.78, 5) is 28.7. The summed E-state index contributed by atoms with van der Waals surface area (Å²) in [7, 11) is 0. The highest BCUT2D eigenvalue weighted by Crippen LogP contribution is 2.40. The van der Waals surface area contributed by atoms with E-state index in [4.69, 9.17) is 9.47 Å². The number of rotatable bonds is 11. The van der Waals surface area contributed by atoms with Crippen molar-refractivity contribution in [2.24, 2.45) is 0 Å². The molecule has 0 saturated heterocycles. The largest absolute Gasteiger partial charge is 0.423 e. The molecule has 6 heteroatoms. The van der Waals surface area contributed by atoms with E-state index in [-0.39, 0.29) is 0 Å². The molecule has 290 valence electrons. The molecule has 0 fully saturated rings. The molecular formula is C53H44N2O4. The molecular weight excluding hydrogens is 729 g/mol. The summed E-state index contributed by atoms with van der Waals surface area (Å²) in [5, 5.41) is 0. The lowest BCUT2D eigenvalue weighted by Crippen LogP contribution is -2.23. The van der Waals surface area contributed by atoms with E-state index in [2.05, 4.69) is 151 Å². The standard InChI is InChI=1S/C53H44N2O4/c1-35(2)52(56)58-49-30-18-42(19-31-49)40-14-26-47(27-15-40)55(48-28-16-41(17-29-48)43-20-32-50(33-21-43)59-53(57)36(3)4)46-24-12-39(13-25-46)38-10-22-45(23-11-38)54-37(5)34-44-8-6-7-9-51(44)54/h6-33,37H,1,3,34H2,2,4-5H3. The lowest BCUT2D eigenvalue weighted by Gasteiger charge is -2.26. The second-order valence-corrected chi connectivity index (χ2v) is 15.0. The van der Waals surface area contributed by atoms with Gasteiger partial charge in [0, 0.05) is 45.6 Å². The summed E-state index contributed by atoms with van der Waals surface area (Å²) in [6.45, 7) is 12.9. The zero-order valence-corrected chi connectivity index (χ0v) is 33.4. The Kier molecular flexibility index (Phi) is 10.8. The molecule has 8 rings (SSSR count). The Morgan fingerprint density at radius 2 is 0.847 bits per heavy atom. The number of nitrogens with zero attached hydrogens (tertiary/aromatic N) is 2. The van der Waals surface area contributed by atoms with Gasteiger partial charge in [-0.2, -0.15) is 0 Å². The van der Waals surface area contributed by atoms with Crippen LogP contribution in [-0.2, 0) is 16.0 Å². The fourth-order valence-corrected chi connectivity index (χ4v) is 7.45. The molecule has 0 aliphatic carbocycles. The Morgan fingerprint density at radius 1 is 0.508 bits per heavy atom. The quantitative estimate of drug-likeness (QED) is 0.0741. The number of carbonyl (C=O) groups excluding carboxylic acids is 2. The minimum absolute atomic E-state index is 0.351. The third-order valence-corrected chi connectivity index (χ3v) is 10.6. The fourth-order valence-electron chi connectivity index (χ4n) is 7.45. The topological polar surface area (TPSA) is 59.1 Å². The van der Waals surface area contributed by atoms with Crippen LogP contribution in [0.1, 0.15) is 26.3 Å². The maximum absolute atomic E-state index is 12.0. The number of esters is 2. The van der Waals surface area contributed by atoms with Crippen LogP contribution in [0.4, 0.5) is 28.4 Å². The molecule has 0 spiro atoms. The first-order chi connectivity index (χ1) is 28.6. The van der Waals surface area contributed by atoms with Crippen LogP contribution in [0, 0.1) is 0 Å². The van der Waals surface area contributed by atoms with Gasteiger partial charge in [-0.15, -0.1) is 0 Å². The van der Waals surface area contributed by atoms with Crippen LogP contribution in [0.3, 0.4) is 0 Å². The second kappa shape index (κ2) is 16.6. The number of para-hydroxylation sites is 1. The number of carbonyl (C=O) groups is 2. The predicted octanol–water partition coefficient (Wildman–Crippen LogP) is 13.2. The second-order valence-electron chi connectivity index (χ2n) is 15.0. The van der Waals surface area contributed by atoms with Crippen molar-refractivity contribution < 1.29 is 19.1 Å². The van der Waals surface area contributed by atoms with Crippen molar-refractivity contribution in [2.45, 2.75) is 33.2 Å². The third-order valence-electron chi connectivity index (χ3n) is 10.6. The minimum atomic E-state index is -0.445. The van der Waals surface area contributed by atoms with E-state index < -0.39 is 11.9 Å². The molecule has 0 amide bonds. The lowest BCUT2D eigenvalue weighted by atomic mass is 10.0. The van der Waals surface area contributed by atoms with Crippen molar-refractivity contribution in [3.63, 3.8) is 0 Å². The van der Waals surface area contributed by atoms with Crippen molar-refractivity contribution in [2.75, 3.05) is 9.80 Å². The number of anilines is 5. The molecule has 1 atom stereocenters. The SMILES string of the molecule is C=C(C)C(=O)Oc1ccc(-c2ccc(N(c3ccc(-c4ccc(OC(=O)C(=C)C)cc4)cc3)c3ccc(-c4ccc(N5c6ccccc6CC5C)cc4)cc3)cc2)cc1. The smallest absolute Gasteiger partial charge is 0.338 e. The van der Waals surface area contributed by atoms with Gasteiger partial charge in [0.25, 0.3) is 0 Å². The molecule has 0 N–H and O–H groups in total. The molecule has 6 nitrogen and oxygen atoms in total. The van der Waals surface area contributed by atoms with Crippen LogP contribution in [0.15, 0.2) is 194 Å². The van der Waals surface area contributed by atoms with Crippen molar-refractivity contribution in [3.05, 3.63) is 200 Å². The number of ether oxygens (including phenoxy) is 2. The third kappa shape index (κ3) is 8.34. The number of hydrogen-bond donors (Lipinski definition) is 0. The molecule has 1 aliphatic rings. The number of fused-ring (bicyclic) bond motifs is 1.